The van der Waals surface area contributed by atoms with Gasteiger partial charge in [-0.25, -0.2) is 4.79 Å². The van der Waals surface area contributed by atoms with Gasteiger partial charge in [-0.05, 0) is 89.0 Å². The van der Waals surface area contributed by atoms with Gasteiger partial charge in [0.1, 0.15) is 18.1 Å². The lowest BCUT2D eigenvalue weighted by atomic mass is 10.0. The van der Waals surface area contributed by atoms with Crippen molar-refractivity contribution in [3.05, 3.63) is 131 Å². The molecule has 0 saturated heterocycles. The van der Waals surface area contributed by atoms with Crippen molar-refractivity contribution in [2.75, 3.05) is 22.9 Å². The normalized spacial score (nSPS) is 9.81. The van der Waals surface area contributed by atoms with Gasteiger partial charge >= 0.3 is 5.97 Å². The minimum Gasteiger partial charge on any atom is -0.457 e. The fourth-order valence-corrected chi connectivity index (χ4v) is 4.85. The maximum absolute atomic E-state index is 12.1. The number of hydrogen-bond acceptors (Lipinski definition) is 7. The third kappa shape index (κ3) is 11.7. The number of nitrogens with two attached hydrogens (primary N) is 4. The summed E-state index contributed by atoms with van der Waals surface area (Å²) in [6, 6.07) is 32.9. The van der Waals surface area contributed by atoms with E-state index >= 15 is 0 Å². The van der Waals surface area contributed by atoms with E-state index in [4.69, 9.17) is 32.4 Å². The first kappa shape index (κ1) is 40.6. The Kier molecular flexibility index (Phi) is 16.3. The summed E-state index contributed by atoms with van der Waals surface area (Å²) in [4.78, 5) is 12.1. The Morgan fingerprint density at radius 1 is 0.500 bits per heavy atom. The number of aryl methyl sites for hydroxylation is 3. The van der Waals surface area contributed by atoms with Gasteiger partial charge in [-0.1, -0.05) is 97.6 Å². The van der Waals surface area contributed by atoms with Gasteiger partial charge in [0.05, 0.1) is 5.56 Å². The molecule has 0 aliphatic rings. The predicted octanol–water partition coefficient (Wildman–Crippen LogP) is 10.1. The molecule has 5 aromatic carbocycles. The lowest BCUT2D eigenvalue weighted by Crippen LogP contribution is -2.07. The first-order valence-electron chi connectivity index (χ1n) is 15.1. The minimum atomic E-state index is -0.418. The molecule has 0 unspecified atom stereocenters. The Morgan fingerprint density at radius 3 is 1.38 bits per heavy atom. The van der Waals surface area contributed by atoms with E-state index in [1.807, 2.05) is 24.3 Å². The highest BCUT2D eigenvalue weighted by molar-refractivity contribution is 5.91. The molecule has 256 valence electrons. The van der Waals surface area contributed by atoms with Crippen molar-refractivity contribution in [3.8, 4) is 22.6 Å². The molecule has 48 heavy (non-hydrogen) atoms. The first-order chi connectivity index (χ1) is 21.6. The van der Waals surface area contributed by atoms with Crippen LogP contribution in [-0.2, 0) is 30.6 Å². The van der Waals surface area contributed by atoms with Crippen molar-refractivity contribution in [3.63, 3.8) is 0 Å². The molecule has 7 heteroatoms. The molecule has 0 aliphatic carbocycles. The Balaban J connectivity index is 0.000000452. The van der Waals surface area contributed by atoms with Crippen LogP contribution in [0.3, 0.4) is 0 Å². The lowest BCUT2D eigenvalue weighted by molar-refractivity contribution is 0.0472. The molecular weight excluding hydrogens is 596 g/mol. The van der Waals surface area contributed by atoms with Crippen molar-refractivity contribution in [2.24, 2.45) is 0 Å². The maximum Gasteiger partial charge on any atom is 0.338 e. The Bertz CT molecular complexity index is 1670. The minimum absolute atomic E-state index is 0. The van der Waals surface area contributed by atoms with Gasteiger partial charge in [0.15, 0.2) is 0 Å². The summed E-state index contributed by atoms with van der Waals surface area (Å²) in [6.07, 6.45) is 2.97. The molecule has 8 N–H and O–H groups in total. The van der Waals surface area contributed by atoms with Crippen LogP contribution in [0.4, 0.5) is 22.7 Å². The third-order valence-electron chi connectivity index (χ3n) is 7.25. The van der Waals surface area contributed by atoms with Gasteiger partial charge in [0, 0.05) is 34.9 Å². The number of esters is 1. The van der Waals surface area contributed by atoms with Crippen LogP contribution < -0.4 is 27.7 Å². The van der Waals surface area contributed by atoms with Gasteiger partial charge in [0.2, 0.25) is 0 Å². The van der Waals surface area contributed by atoms with E-state index in [1.54, 1.807) is 36.4 Å². The number of hydrogen-bond donors (Lipinski definition) is 4. The molecule has 0 atom stereocenters. The third-order valence-corrected chi connectivity index (χ3v) is 7.25. The fraction of sp³-hybridized carbons (Fsp3) is 0.244. The summed E-state index contributed by atoms with van der Waals surface area (Å²) in [5, 5.41) is 0. The van der Waals surface area contributed by atoms with Crippen LogP contribution in [0, 0.1) is 0 Å². The first-order valence-corrected chi connectivity index (χ1v) is 15.1. The second kappa shape index (κ2) is 19.3. The zero-order valence-electron chi connectivity index (χ0n) is 26.2. The number of benzene rings is 5. The van der Waals surface area contributed by atoms with Crippen molar-refractivity contribution >= 4 is 28.7 Å². The summed E-state index contributed by atoms with van der Waals surface area (Å²) in [5.74, 6) is 0.977. The second-order valence-electron chi connectivity index (χ2n) is 10.8. The van der Waals surface area contributed by atoms with Crippen molar-refractivity contribution in [2.45, 2.75) is 68.9 Å². The zero-order chi connectivity index (χ0) is 32.3. The summed E-state index contributed by atoms with van der Waals surface area (Å²) >= 11 is 0. The summed E-state index contributed by atoms with van der Waals surface area (Å²) in [6.45, 7) is 6.62. The van der Waals surface area contributed by atoms with E-state index in [0.717, 1.165) is 36.1 Å². The molecular formula is C41H54N4O3. The SMILES string of the molecule is C.C.C.CCc1cc(CC)cc(COC(=O)c2cc(N)cc(N)c2)c1.CCc1ccc(-c2ccc(Oc3cc(N)cc(N)c3)cc2)cc1. The van der Waals surface area contributed by atoms with E-state index in [-0.39, 0.29) is 28.9 Å². The van der Waals surface area contributed by atoms with Crippen LogP contribution in [0.25, 0.3) is 11.1 Å². The molecule has 0 heterocycles. The van der Waals surface area contributed by atoms with E-state index < -0.39 is 5.97 Å². The zero-order valence-corrected chi connectivity index (χ0v) is 26.2. The van der Waals surface area contributed by atoms with Crippen LogP contribution in [0.1, 0.15) is 75.7 Å². The van der Waals surface area contributed by atoms with Crippen molar-refractivity contribution < 1.29 is 14.3 Å². The predicted molar refractivity (Wildman–Crippen MR) is 206 cm³/mol. The molecule has 0 spiro atoms. The van der Waals surface area contributed by atoms with Crippen molar-refractivity contribution in [1.29, 1.82) is 0 Å². The molecule has 5 rings (SSSR count). The summed E-state index contributed by atoms with van der Waals surface area (Å²) < 4.78 is 11.2. The standard InChI is InChI=1S/C20H20N2O.C18H22N2O2.3CH4/c1-2-14-3-5-15(6-4-14)16-7-9-19(10-8-16)23-20-12-17(21)11-18(22)13-20;1-3-12-5-13(4-2)7-14(6-12)11-22-18(21)15-8-16(19)10-17(20)9-15;;;/h3-13H,2,21-22H2,1H3;5-10H,3-4,11,19-20H2,1-2H3;3*1H4. The fourth-order valence-electron chi connectivity index (χ4n) is 4.85. The number of ether oxygens (including phenoxy) is 2. The highest BCUT2D eigenvalue weighted by atomic mass is 16.5. The molecule has 0 radical (unpaired) electrons. The summed E-state index contributed by atoms with van der Waals surface area (Å²) in [5.41, 5.74) is 32.6. The lowest BCUT2D eigenvalue weighted by Gasteiger charge is -2.09. The molecule has 5 aromatic rings. The van der Waals surface area contributed by atoms with E-state index in [1.165, 1.54) is 22.3 Å². The quantitative estimate of drug-likeness (QED) is 0.0919. The maximum atomic E-state index is 12.1. The van der Waals surface area contributed by atoms with Gasteiger partial charge in [-0.2, -0.15) is 0 Å². The number of carbonyl (C=O) groups is 1. The average Bonchev–Trinajstić information content (AvgIpc) is 3.03. The van der Waals surface area contributed by atoms with Crippen LogP contribution in [0.5, 0.6) is 11.5 Å². The van der Waals surface area contributed by atoms with Gasteiger partial charge in [-0.3, -0.25) is 0 Å². The molecule has 0 bridgehead atoms. The Labute approximate surface area is 287 Å². The highest BCUT2D eigenvalue weighted by Crippen LogP contribution is 2.28. The largest absolute Gasteiger partial charge is 0.457 e. The number of anilines is 4. The van der Waals surface area contributed by atoms with Gasteiger partial charge in [0.25, 0.3) is 0 Å². The number of rotatable bonds is 9. The van der Waals surface area contributed by atoms with Crippen LogP contribution in [0.2, 0.25) is 0 Å². The molecule has 0 aliphatic heterocycles. The van der Waals surface area contributed by atoms with Crippen LogP contribution in [-0.4, -0.2) is 5.97 Å². The van der Waals surface area contributed by atoms with E-state index in [2.05, 4.69) is 63.2 Å². The number of nitrogen functional groups attached to an aromatic ring is 4. The average molecular weight is 651 g/mol. The topological polar surface area (TPSA) is 140 Å². The van der Waals surface area contributed by atoms with Crippen LogP contribution in [0.15, 0.2) is 103 Å². The molecule has 0 fully saturated rings. The molecule has 0 aromatic heterocycles. The Hall–Kier alpha value is -5.43. The Morgan fingerprint density at radius 2 is 0.917 bits per heavy atom. The number of carbonyl (C=O) groups excluding carboxylic acids is 1. The van der Waals surface area contributed by atoms with E-state index in [0.29, 0.717) is 34.1 Å². The van der Waals surface area contributed by atoms with E-state index in [9.17, 15) is 4.79 Å². The molecule has 0 amide bonds. The second-order valence-corrected chi connectivity index (χ2v) is 10.8. The highest BCUT2D eigenvalue weighted by Gasteiger charge is 2.10. The van der Waals surface area contributed by atoms with Crippen LogP contribution >= 0.6 is 0 Å². The van der Waals surface area contributed by atoms with Gasteiger partial charge < -0.3 is 32.4 Å². The van der Waals surface area contributed by atoms with Gasteiger partial charge in [-0.15, -0.1) is 0 Å². The van der Waals surface area contributed by atoms with Crippen molar-refractivity contribution in [1.82, 2.24) is 0 Å². The summed E-state index contributed by atoms with van der Waals surface area (Å²) in [7, 11) is 0. The molecule has 0 saturated carbocycles. The smallest absolute Gasteiger partial charge is 0.338 e. The molecule has 7 nitrogen and oxygen atoms in total. The monoisotopic (exact) mass is 650 g/mol.